The van der Waals surface area contributed by atoms with Gasteiger partial charge >= 0.3 is 0 Å². The molecular formula is C22H24FN5OS. The molecule has 30 heavy (non-hydrogen) atoms. The van der Waals surface area contributed by atoms with E-state index in [2.05, 4.69) is 28.1 Å². The summed E-state index contributed by atoms with van der Waals surface area (Å²) in [6, 6.07) is 14.7. The maximum Gasteiger partial charge on any atom is 0.233 e. The highest BCUT2D eigenvalue weighted by atomic mass is 32.2. The van der Waals surface area contributed by atoms with Crippen LogP contribution in [0.5, 0.6) is 0 Å². The molecule has 1 amide bonds. The molecule has 1 aromatic heterocycles. The number of carbonyl (C=O) groups excluding carboxylic acids is 1. The van der Waals surface area contributed by atoms with E-state index in [1.54, 1.807) is 18.5 Å². The Hall–Kier alpha value is -2.87. The number of nitrogens with zero attached hydrogens (tertiary/aromatic N) is 5. The molecule has 3 aromatic rings. The Balaban J connectivity index is 1.34. The van der Waals surface area contributed by atoms with E-state index in [-0.39, 0.29) is 11.7 Å². The van der Waals surface area contributed by atoms with Gasteiger partial charge in [-0.15, -0.1) is 10.2 Å². The van der Waals surface area contributed by atoms with E-state index in [1.807, 2.05) is 27.7 Å². The quantitative estimate of drug-likeness (QED) is 0.567. The number of para-hydroxylation sites is 1. The van der Waals surface area contributed by atoms with Gasteiger partial charge in [0.2, 0.25) is 5.91 Å². The summed E-state index contributed by atoms with van der Waals surface area (Å²) in [5.74, 6) is 0.180. The standard InChI is InChI=1S/C22H24FN5OS/c1-2-17-5-3-4-6-20(17)28-16-24-25-22(28)30-15-21(29)27-13-11-26(12-14-27)19-9-7-18(23)8-10-19/h3-10,16H,2,11-15H2,1H3. The third kappa shape index (κ3) is 4.48. The van der Waals surface area contributed by atoms with Crippen LogP contribution in [-0.2, 0) is 11.2 Å². The van der Waals surface area contributed by atoms with Crippen molar-refractivity contribution in [3.8, 4) is 5.69 Å². The Labute approximate surface area is 179 Å². The Bertz CT molecular complexity index is 999. The van der Waals surface area contributed by atoms with Crippen molar-refractivity contribution in [1.29, 1.82) is 0 Å². The number of aromatic nitrogens is 3. The third-order valence-electron chi connectivity index (χ3n) is 5.30. The Morgan fingerprint density at radius 2 is 1.80 bits per heavy atom. The van der Waals surface area contributed by atoms with Gasteiger partial charge in [0.1, 0.15) is 12.1 Å². The van der Waals surface area contributed by atoms with E-state index in [9.17, 15) is 9.18 Å². The summed E-state index contributed by atoms with van der Waals surface area (Å²) in [6.45, 7) is 4.90. The van der Waals surface area contributed by atoms with Crippen LogP contribution in [0.25, 0.3) is 5.69 Å². The molecule has 0 saturated carbocycles. The number of anilines is 1. The zero-order valence-corrected chi connectivity index (χ0v) is 17.7. The molecule has 0 aliphatic carbocycles. The summed E-state index contributed by atoms with van der Waals surface area (Å²) in [6.07, 6.45) is 2.61. The molecule has 156 valence electrons. The zero-order chi connectivity index (χ0) is 20.9. The van der Waals surface area contributed by atoms with Gasteiger partial charge in [-0.05, 0) is 42.3 Å². The number of carbonyl (C=O) groups is 1. The van der Waals surface area contributed by atoms with Crippen molar-refractivity contribution < 1.29 is 9.18 Å². The number of thioether (sulfide) groups is 1. The van der Waals surface area contributed by atoms with Crippen LogP contribution in [0, 0.1) is 5.82 Å². The summed E-state index contributed by atoms with van der Waals surface area (Å²) in [5.41, 5.74) is 3.25. The van der Waals surface area contributed by atoms with Crippen LogP contribution in [0.4, 0.5) is 10.1 Å². The largest absolute Gasteiger partial charge is 0.368 e. The number of benzene rings is 2. The lowest BCUT2D eigenvalue weighted by atomic mass is 10.1. The number of rotatable bonds is 6. The average Bonchev–Trinajstić information content (AvgIpc) is 3.26. The van der Waals surface area contributed by atoms with Crippen molar-refractivity contribution in [2.75, 3.05) is 36.8 Å². The van der Waals surface area contributed by atoms with E-state index in [0.29, 0.717) is 24.0 Å². The normalized spacial score (nSPS) is 14.2. The number of piperazine rings is 1. The molecule has 0 unspecified atom stereocenters. The summed E-state index contributed by atoms with van der Waals surface area (Å²) < 4.78 is 15.1. The molecule has 6 nitrogen and oxygen atoms in total. The highest BCUT2D eigenvalue weighted by molar-refractivity contribution is 7.99. The van der Waals surface area contributed by atoms with Gasteiger partial charge in [-0.2, -0.15) is 0 Å². The van der Waals surface area contributed by atoms with E-state index in [0.717, 1.165) is 30.9 Å². The number of amides is 1. The van der Waals surface area contributed by atoms with Gasteiger partial charge in [-0.1, -0.05) is 36.9 Å². The molecule has 4 rings (SSSR count). The Morgan fingerprint density at radius 1 is 1.07 bits per heavy atom. The fourth-order valence-electron chi connectivity index (χ4n) is 3.62. The average molecular weight is 426 g/mol. The molecule has 0 N–H and O–H groups in total. The Kier molecular flexibility index (Phi) is 6.32. The van der Waals surface area contributed by atoms with Gasteiger partial charge in [-0.25, -0.2) is 4.39 Å². The predicted octanol–water partition coefficient (Wildman–Crippen LogP) is 3.41. The first-order valence-electron chi connectivity index (χ1n) is 10.0. The molecule has 0 spiro atoms. The van der Waals surface area contributed by atoms with Gasteiger partial charge < -0.3 is 9.80 Å². The zero-order valence-electron chi connectivity index (χ0n) is 16.9. The smallest absolute Gasteiger partial charge is 0.233 e. The molecule has 0 radical (unpaired) electrons. The molecule has 1 aliphatic heterocycles. The third-order valence-corrected chi connectivity index (χ3v) is 6.23. The summed E-state index contributed by atoms with van der Waals surface area (Å²) in [4.78, 5) is 16.8. The van der Waals surface area contributed by atoms with E-state index >= 15 is 0 Å². The SMILES string of the molecule is CCc1ccccc1-n1cnnc1SCC(=O)N1CCN(c2ccc(F)cc2)CC1. The van der Waals surface area contributed by atoms with Gasteiger partial charge in [0.15, 0.2) is 5.16 Å². The minimum atomic E-state index is -0.237. The highest BCUT2D eigenvalue weighted by Crippen LogP contribution is 2.23. The maximum absolute atomic E-state index is 13.1. The van der Waals surface area contributed by atoms with Gasteiger partial charge in [-0.3, -0.25) is 9.36 Å². The van der Waals surface area contributed by atoms with Crippen molar-refractivity contribution in [1.82, 2.24) is 19.7 Å². The van der Waals surface area contributed by atoms with E-state index in [1.165, 1.54) is 29.5 Å². The van der Waals surface area contributed by atoms with Crippen molar-refractivity contribution >= 4 is 23.4 Å². The fourth-order valence-corrected chi connectivity index (χ4v) is 4.44. The van der Waals surface area contributed by atoms with Crippen LogP contribution < -0.4 is 4.90 Å². The van der Waals surface area contributed by atoms with Gasteiger partial charge in [0.05, 0.1) is 11.4 Å². The van der Waals surface area contributed by atoms with E-state index < -0.39 is 0 Å². The molecule has 1 aliphatic rings. The summed E-state index contributed by atoms with van der Waals surface area (Å²) in [7, 11) is 0. The molecule has 0 bridgehead atoms. The van der Waals surface area contributed by atoms with Crippen LogP contribution in [0.2, 0.25) is 0 Å². The number of halogens is 1. The van der Waals surface area contributed by atoms with Crippen molar-refractivity contribution in [2.24, 2.45) is 0 Å². The van der Waals surface area contributed by atoms with Crippen LogP contribution in [0.1, 0.15) is 12.5 Å². The van der Waals surface area contributed by atoms with Crippen LogP contribution in [0.3, 0.4) is 0 Å². The van der Waals surface area contributed by atoms with Crippen molar-refractivity contribution in [2.45, 2.75) is 18.5 Å². The van der Waals surface area contributed by atoms with Crippen molar-refractivity contribution in [3.63, 3.8) is 0 Å². The lowest BCUT2D eigenvalue weighted by Crippen LogP contribution is -2.49. The number of aryl methyl sites for hydroxylation is 1. The molecule has 8 heteroatoms. The van der Waals surface area contributed by atoms with Crippen LogP contribution in [-0.4, -0.2) is 57.5 Å². The van der Waals surface area contributed by atoms with Gasteiger partial charge in [0.25, 0.3) is 0 Å². The summed E-state index contributed by atoms with van der Waals surface area (Å²) >= 11 is 1.41. The van der Waals surface area contributed by atoms with E-state index in [4.69, 9.17) is 0 Å². The number of hydrogen-bond acceptors (Lipinski definition) is 5. The molecule has 1 saturated heterocycles. The second kappa shape index (κ2) is 9.30. The molecular weight excluding hydrogens is 401 g/mol. The predicted molar refractivity (Wildman–Crippen MR) is 117 cm³/mol. The first-order valence-corrected chi connectivity index (χ1v) is 11.0. The topological polar surface area (TPSA) is 54.3 Å². The van der Waals surface area contributed by atoms with Gasteiger partial charge in [0, 0.05) is 31.9 Å². The first kappa shape index (κ1) is 20.4. The molecule has 0 atom stereocenters. The molecule has 2 aromatic carbocycles. The molecule has 1 fully saturated rings. The fraction of sp³-hybridized carbons (Fsp3) is 0.318. The minimum Gasteiger partial charge on any atom is -0.368 e. The Morgan fingerprint density at radius 3 is 2.53 bits per heavy atom. The van der Waals surface area contributed by atoms with Crippen molar-refractivity contribution in [3.05, 3.63) is 66.2 Å². The number of hydrogen-bond donors (Lipinski definition) is 0. The summed E-state index contributed by atoms with van der Waals surface area (Å²) in [5, 5.41) is 8.97. The second-order valence-corrected chi connectivity index (χ2v) is 8.04. The second-order valence-electron chi connectivity index (χ2n) is 7.10. The lowest BCUT2D eigenvalue weighted by molar-refractivity contribution is -0.128. The minimum absolute atomic E-state index is 0.0945. The maximum atomic E-state index is 13.1. The van der Waals surface area contributed by atoms with Crippen LogP contribution >= 0.6 is 11.8 Å². The van der Waals surface area contributed by atoms with Crippen LogP contribution in [0.15, 0.2) is 60.0 Å². The monoisotopic (exact) mass is 425 g/mol. The first-order chi connectivity index (χ1) is 14.7. The lowest BCUT2D eigenvalue weighted by Gasteiger charge is -2.36. The molecule has 2 heterocycles. The highest BCUT2D eigenvalue weighted by Gasteiger charge is 2.22.